The number of hydrogen-bond acceptors (Lipinski definition) is 6. The molecule has 2 saturated carbocycles. The highest BCUT2D eigenvalue weighted by Gasteiger charge is 2.76. The van der Waals surface area contributed by atoms with E-state index in [4.69, 9.17) is 14.2 Å². The maximum atomic E-state index is 12.4. The summed E-state index contributed by atoms with van der Waals surface area (Å²) in [5.41, 5.74) is 0.672. The molecule has 2 heterocycles. The maximum Gasteiger partial charge on any atom is 0.206 e. The molecule has 3 fully saturated rings. The number of phenolic OH excluding ortho intramolecular Hbond substituents is 1. The number of ether oxygens (including phenoxy) is 3. The lowest BCUT2D eigenvalue weighted by Crippen LogP contribution is -2.79. The van der Waals surface area contributed by atoms with Gasteiger partial charge in [0.15, 0.2) is 17.6 Å². The molecular formula is C23H31NO5. The molecule has 0 radical (unpaired) electrons. The number of phenols is 1. The van der Waals surface area contributed by atoms with Gasteiger partial charge in [0.05, 0.1) is 11.0 Å². The predicted octanol–water partition coefficient (Wildman–Crippen LogP) is 2.34. The van der Waals surface area contributed by atoms with Crippen LogP contribution in [0.4, 0.5) is 0 Å². The van der Waals surface area contributed by atoms with Crippen molar-refractivity contribution in [3.63, 3.8) is 0 Å². The van der Waals surface area contributed by atoms with E-state index < -0.39 is 22.9 Å². The summed E-state index contributed by atoms with van der Waals surface area (Å²) in [7, 11) is 3.31. The average molecular weight is 402 g/mol. The highest BCUT2D eigenvalue weighted by atomic mass is 16.7. The van der Waals surface area contributed by atoms with Gasteiger partial charge in [-0.2, -0.15) is 0 Å². The molecule has 0 amide bonds. The zero-order valence-corrected chi connectivity index (χ0v) is 17.3. The molecule has 1 saturated heterocycles. The van der Waals surface area contributed by atoms with E-state index in [9.17, 15) is 10.2 Å². The average Bonchev–Trinajstić information content (AvgIpc) is 3.04. The van der Waals surface area contributed by atoms with Gasteiger partial charge < -0.3 is 24.4 Å². The second kappa shape index (κ2) is 5.88. The zero-order valence-electron chi connectivity index (χ0n) is 17.3. The molecule has 4 atom stereocenters. The van der Waals surface area contributed by atoms with E-state index in [0.717, 1.165) is 37.4 Å². The van der Waals surface area contributed by atoms with Crippen molar-refractivity contribution in [2.45, 2.75) is 73.9 Å². The molecule has 6 rings (SSSR count). The van der Waals surface area contributed by atoms with Crippen molar-refractivity contribution < 1.29 is 24.4 Å². The van der Waals surface area contributed by atoms with Crippen LogP contribution in [-0.4, -0.2) is 66.0 Å². The minimum absolute atomic E-state index is 0.0673. The van der Waals surface area contributed by atoms with Crippen molar-refractivity contribution in [2.75, 3.05) is 27.3 Å². The summed E-state index contributed by atoms with van der Waals surface area (Å²) in [5.74, 6) is 0.511. The smallest absolute Gasteiger partial charge is 0.206 e. The molecule has 2 bridgehead atoms. The van der Waals surface area contributed by atoms with Crippen LogP contribution < -0.4 is 4.74 Å². The monoisotopic (exact) mass is 401 g/mol. The van der Waals surface area contributed by atoms with Crippen LogP contribution >= 0.6 is 0 Å². The van der Waals surface area contributed by atoms with Gasteiger partial charge in [0.25, 0.3) is 0 Å². The van der Waals surface area contributed by atoms with Crippen LogP contribution in [0.3, 0.4) is 0 Å². The summed E-state index contributed by atoms with van der Waals surface area (Å²) in [4.78, 5) is 2.55. The third-order valence-corrected chi connectivity index (χ3v) is 8.99. The lowest BCUT2D eigenvalue weighted by molar-refractivity contribution is -0.319. The quantitative estimate of drug-likeness (QED) is 0.755. The predicted molar refractivity (Wildman–Crippen MR) is 106 cm³/mol. The second-order valence-corrected chi connectivity index (χ2v) is 9.82. The zero-order chi connectivity index (χ0) is 20.0. The van der Waals surface area contributed by atoms with Crippen LogP contribution in [0.15, 0.2) is 12.1 Å². The van der Waals surface area contributed by atoms with Crippen molar-refractivity contribution in [2.24, 2.45) is 5.92 Å². The molecule has 1 spiro atoms. The summed E-state index contributed by atoms with van der Waals surface area (Å²) in [5, 5.41) is 23.0. The number of piperidine rings is 1. The van der Waals surface area contributed by atoms with E-state index in [-0.39, 0.29) is 11.8 Å². The van der Waals surface area contributed by atoms with Crippen molar-refractivity contribution in [3.05, 3.63) is 23.3 Å². The Morgan fingerprint density at radius 3 is 2.66 bits per heavy atom. The van der Waals surface area contributed by atoms with Gasteiger partial charge in [-0.15, -0.1) is 0 Å². The van der Waals surface area contributed by atoms with Gasteiger partial charge in [0.1, 0.15) is 0 Å². The largest absolute Gasteiger partial charge is 0.504 e. The number of rotatable bonds is 4. The number of aliphatic hydroxyl groups is 1. The lowest BCUT2D eigenvalue weighted by Gasteiger charge is -2.65. The van der Waals surface area contributed by atoms with Crippen molar-refractivity contribution >= 4 is 0 Å². The number of aromatic hydroxyl groups is 1. The first-order valence-corrected chi connectivity index (χ1v) is 11.1. The number of methoxy groups -OCH3 is 2. The highest BCUT2D eigenvalue weighted by Crippen LogP contribution is 2.67. The summed E-state index contributed by atoms with van der Waals surface area (Å²) in [6.07, 6.45) is 6.25. The number of hydrogen-bond donors (Lipinski definition) is 2. The van der Waals surface area contributed by atoms with E-state index in [2.05, 4.69) is 4.90 Å². The molecule has 0 aromatic heterocycles. The Labute approximate surface area is 171 Å². The summed E-state index contributed by atoms with van der Waals surface area (Å²) in [6.45, 7) is 2.01. The maximum absolute atomic E-state index is 12.4. The molecule has 2 N–H and O–H groups in total. The molecule has 3 aliphatic carbocycles. The van der Waals surface area contributed by atoms with Gasteiger partial charge >= 0.3 is 0 Å². The molecule has 2 aliphatic heterocycles. The SMILES string of the molecule is COC1(OC)CCC2(O)C3Cc4ccc(O)c5c4[C@@]2(CCN3CC2CCC2)[C@H]1O5. The van der Waals surface area contributed by atoms with E-state index in [1.807, 2.05) is 6.07 Å². The van der Waals surface area contributed by atoms with E-state index in [1.54, 1.807) is 20.3 Å². The Morgan fingerprint density at radius 2 is 1.97 bits per heavy atom. The van der Waals surface area contributed by atoms with Gasteiger partial charge in [0, 0.05) is 38.8 Å². The third-order valence-electron chi connectivity index (χ3n) is 8.99. The van der Waals surface area contributed by atoms with Gasteiger partial charge in [-0.1, -0.05) is 12.5 Å². The Bertz CT molecular complexity index is 850. The molecule has 6 nitrogen and oxygen atoms in total. The van der Waals surface area contributed by atoms with Gasteiger partial charge in [-0.25, -0.2) is 0 Å². The van der Waals surface area contributed by atoms with Crippen molar-refractivity contribution in [3.8, 4) is 11.5 Å². The Morgan fingerprint density at radius 1 is 1.17 bits per heavy atom. The van der Waals surface area contributed by atoms with E-state index in [1.165, 1.54) is 24.8 Å². The number of benzene rings is 1. The van der Waals surface area contributed by atoms with Gasteiger partial charge in [0.2, 0.25) is 5.79 Å². The normalized spacial score (nSPS) is 39.6. The molecule has 5 aliphatic rings. The lowest BCUT2D eigenvalue weighted by atomic mass is 9.48. The first-order chi connectivity index (χ1) is 14.0. The number of nitrogens with zero attached hydrogens (tertiary/aromatic N) is 1. The molecule has 29 heavy (non-hydrogen) atoms. The first-order valence-electron chi connectivity index (χ1n) is 11.1. The van der Waals surface area contributed by atoms with Gasteiger partial charge in [-0.05, 0) is 56.2 Å². The van der Waals surface area contributed by atoms with Gasteiger partial charge in [-0.3, -0.25) is 4.90 Å². The van der Waals surface area contributed by atoms with Crippen LogP contribution in [0.1, 0.15) is 49.7 Å². The Kier molecular flexibility index (Phi) is 3.73. The standard InChI is InChI=1S/C23H31NO5/c1-27-23(28-2)9-8-22(26)17-12-15-6-7-16(25)19-18(15)21(22,20(23)29-19)10-11-24(17)13-14-4-3-5-14/h6-7,14,17,20,25-26H,3-5,8-13H2,1-2H3/t17?,20-,21+,22?/m1/s1. The molecule has 2 unspecified atom stereocenters. The summed E-state index contributed by atoms with van der Waals surface area (Å²) < 4.78 is 18.3. The van der Waals surface area contributed by atoms with Crippen molar-refractivity contribution in [1.82, 2.24) is 4.90 Å². The number of likely N-dealkylation sites (tertiary alicyclic amines) is 1. The summed E-state index contributed by atoms with van der Waals surface area (Å²) in [6, 6.07) is 3.83. The van der Waals surface area contributed by atoms with E-state index >= 15 is 0 Å². The molecule has 1 aromatic carbocycles. The molecular weight excluding hydrogens is 370 g/mol. The Hall–Kier alpha value is -1.34. The fourth-order valence-electron chi connectivity index (χ4n) is 7.32. The molecule has 6 heteroatoms. The third kappa shape index (κ3) is 2.02. The highest BCUT2D eigenvalue weighted by molar-refractivity contribution is 5.62. The minimum Gasteiger partial charge on any atom is -0.504 e. The summed E-state index contributed by atoms with van der Waals surface area (Å²) >= 11 is 0. The topological polar surface area (TPSA) is 71.4 Å². The fraction of sp³-hybridized carbons (Fsp3) is 0.739. The molecule has 1 aromatic rings. The van der Waals surface area contributed by atoms with Crippen molar-refractivity contribution in [1.29, 1.82) is 0 Å². The fourth-order valence-corrected chi connectivity index (χ4v) is 7.32. The van der Waals surface area contributed by atoms with Crippen LogP contribution in [0.25, 0.3) is 0 Å². The Balaban J connectivity index is 1.53. The van der Waals surface area contributed by atoms with Crippen LogP contribution in [-0.2, 0) is 21.3 Å². The first kappa shape index (κ1) is 18.4. The second-order valence-electron chi connectivity index (χ2n) is 9.82. The van der Waals surface area contributed by atoms with Crippen LogP contribution in [0, 0.1) is 5.92 Å². The van der Waals surface area contributed by atoms with E-state index in [0.29, 0.717) is 18.6 Å². The minimum atomic E-state index is -0.924. The van der Waals surface area contributed by atoms with Crippen LogP contribution in [0.2, 0.25) is 0 Å². The molecule has 158 valence electrons. The van der Waals surface area contributed by atoms with Crippen LogP contribution in [0.5, 0.6) is 11.5 Å².